The van der Waals surface area contributed by atoms with Crippen LogP contribution in [0.1, 0.15) is 49.8 Å². The van der Waals surface area contributed by atoms with Crippen molar-refractivity contribution in [3.63, 3.8) is 0 Å². The zero-order valence-corrected chi connectivity index (χ0v) is 21.5. The average molecular weight is 501 g/mol. The van der Waals surface area contributed by atoms with E-state index in [9.17, 15) is 9.90 Å². The number of nitrogens with one attached hydrogen (secondary N) is 2. The Morgan fingerprint density at radius 2 is 1.57 bits per heavy atom. The first-order chi connectivity index (χ1) is 17.9. The zero-order valence-electron chi connectivity index (χ0n) is 21.5. The third-order valence-corrected chi connectivity index (χ3v) is 6.87. The molecule has 0 spiro atoms. The molecule has 0 saturated carbocycles. The van der Waals surface area contributed by atoms with Gasteiger partial charge in [-0.3, -0.25) is 4.79 Å². The molecular formula is C30H32N2O5. The number of methoxy groups -OCH3 is 2. The first kappa shape index (κ1) is 24.6. The van der Waals surface area contributed by atoms with Crippen LogP contribution in [0.4, 0.5) is 11.4 Å². The molecule has 2 aliphatic rings. The van der Waals surface area contributed by atoms with Gasteiger partial charge in [0.1, 0.15) is 0 Å². The molecule has 37 heavy (non-hydrogen) atoms. The van der Waals surface area contributed by atoms with Gasteiger partial charge in [-0.1, -0.05) is 24.3 Å². The van der Waals surface area contributed by atoms with E-state index >= 15 is 0 Å². The molecule has 0 bridgehead atoms. The molecule has 3 N–H and O–H groups in total. The molecule has 192 valence electrons. The average Bonchev–Trinajstić information content (AvgIpc) is 3.06. The number of benzene rings is 3. The fourth-order valence-corrected chi connectivity index (χ4v) is 5.14. The van der Waals surface area contributed by atoms with E-state index in [0.29, 0.717) is 35.7 Å². The molecule has 0 fully saturated rings. The fraction of sp³-hybridized carbons (Fsp3) is 0.300. The lowest BCUT2D eigenvalue weighted by atomic mass is 9.78. The summed E-state index contributed by atoms with van der Waals surface area (Å²) < 4.78 is 16.8. The Morgan fingerprint density at radius 1 is 0.865 bits per heavy atom. The van der Waals surface area contributed by atoms with Crippen LogP contribution < -0.4 is 24.8 Å². The van der Waals surface area contributed by atoms with E-state index in [4.69, 9.17) is 14.2 Å². The molecule has 3 aromatic carbocycles. The minimum absolute atomic E-state index is 0.0129. The molecule has 3 aromatic rings. The summed E-state index contributed by atoms with van der Waals surface area (Å²) in [6.45, 7) is 3.95. The highest BCUT2D eigenvalue weighted by atomic mass is 16.5. The number of carbonyl (C=O) groups excluding carboxylic acids is 1. The second kappa shape index (κ2) is 10.1. The standard InChI is InChI=1S/C30H32N2O5/c1-17(2)37-26-12-10-18(15-28(26)36-4)20-13-23-29(25(34)14-20)30(19-9-11-24(33)27(16-19)35-3)32-22-8-6-5-7-21(22)31-23/h5-12,15-17,20,30-33H,13-14H2,1-4H3. The summed E-state index contributed by atoms with van der Waals surface area (Å²) in [6, 6.07) is 18.7. The highest BCUT2D eigenvalue weighted by Gasteiger charge is 2.36. The van der Waals surface area contributed by atoms with Gasteiger partial charge in [-0.05, 0) is 73.7 Å². The van der Waals surface area contributed by atoms with Crippen molar-refractivity contribution in [2.45, 2.75) is 44.8 Å². The number of hydrogen-bond acceptors (Lipinski definition) is 7. The number of allylic oxidation sites excluding steroid dienone is 1. The van der Waals surface area contributed by atoms with Crippen molar-refractivity contribution in [1.29, 1.82) is 0 Å². The predicted octanol–water partition coefficient (Wildman–Crippen LogP) is 6.18. The lowest BCUT2D eigenvalue weighted by Gasteiger charge is -2.30. The maximum atomic E-state index is 13.8. The summed E-state index contributed by atoms with van der Waals surface area (Å²) >= 11 is 0. The number of phenolic OH excluding ortho intramolecular Hbond substituents is 1. The molecule has 1 aliphatic heterocycles. The van der Waals surface area contributed by atoms with Gasteiger partial charge in [-0.25, -0.2) is 0 Å². The van der Waals surface area contributed by atoms with Gasteiger partial charge < -0.3 is 30.0 Å². The first-order valence-corrected chi connectivity index (χ1v) is 12.5. The van der Waals surface area contributed by atoms with Crippen molar-refractivity contribution in [2.24, 2.45) is 0 Å². The second-order valence-corrected chi connectivity index (χ2v) is 9.68. The SMILES string of the molecule is COc1cc(C2Nc3ccccc3NC3=C2C(=O)CC(c2ccc(OC(C)C)c(OC)c2)C3)ccc1O. The van der Waals surface area contributed by atoms with Crippen LogP contribution in [-0.4, -0.2) is 31.2 Å². The van der Waals surface area contributed by atoms with Crippen LogP contribution >= 0.6 is 0 Å². The normalized spacial score (nSPS) is 18.8. The molecule has 2 atom stereocenters. The number of aromatic hydroxyl groups is 1. The van der Waals surface area contributed by atoms with Crippen LogP contribution in [-0.2, 0) is 4.79 Å². The lowest BCUT2D eigenvalue weighted by Crippen LogP contribution is -2.27. The van der Waals surface area contributed by atoms with Gasteiger partial charge in [0, 0.05) is 17.7 Å². The van der Waals surface area contributed by atoms with Crippen molar-refractivity contribution in [2.75, 3.05) is 24.9 Å². The van der Waals surface area contributed by atoms with E-state index < -0.39 is 6.04 Å². The molecule has 0 saturated heterocycles. The van der Waals surface area contributed by atoms with Crippen LogP contribution in [0, 0.1) is 0 Å². The smallest absolute Gasteiger partial charge is 0.163 e. The molecule has 7 nitrogen and oxygen atoms in total. The number of rotatable bonds is 6. The van der Waals surface area contributed by atoms with Gasteiger partial charge in [0.05, 0.1) is 37.7 Å². The van der Waals surface area contributed by atoms with Gasteiger partial charge in [-0.15, -0.1) is 0 Å². The van der Waals surface area contributed by atoms with Crippen molar-refractivity contribution in [1.82, 2.24) is 0 Å². The monoisotopic (exact) mass is 500 g/mol. The molecule has 0 aromatic heterocycles. The summed E-state index contributed by atoms with van der Waals surface area (Å²) in [5.41, 5.74) is 5.27. The number of anilines is 2. The van der Waals surface area contributed by atoms with Crippen LogP contribution in [0.2, 0.25) is 0 Å². The molecule has 1 heterocycles. The predicted molar refractivity (Wildman–Crippen MR) is 144 cm³/mol. The third-order valence-electron chi connectivity index (χ3n) is 6.87. The quantitative estimate of drug-likeness (QED) is 0.373. The summed E-state index contributed by atoms with van der Waals surface area (Å²) in [5.74, 6) is 1.83. The maximum absolute atomic E-state index is 13.8. The van der Waals surface area contributed by atoms with E-state index in [1.807, 2.05) is 62.4 Å². The van der Waals surface area contributed by atoms with E-state index in [1.165, 1.54) is 7.11 Å². The van der Waals surface area contributed by atoms with Gasteiger partial charge in [-0.2, -0.15) is 0 Å². The van der Waals surface area contributed by atoms with Crippen LogP contribution in [0.25, 0.3) is 0 Å². The van der Waals surface area contributed by atoms with E-state index in [1.54, 1.807) is 19.2 Å². The second-order valence-electron chi connectivity index (χ2n) is 9.68. The van der Waals surface area contributed by atoms with E-state index in [2.05, 4.69) is 10.6 Å². The Labute approximate surface area is 217 Å². The van der Waals surface area contributed by atoms with Crippen molar-refractivity contribution < 1.29 is 24.1 Å². The number of carbonyl (C=O) groups is 1. The number of phenols is 1. The van der Waals surface area contributed by atoms with Crippen molar-refractivity contribution >= 4 is 17.2 Å². The third kappa shape index (κ3) is 4.81. The Kier molecular flexibility index (Phi) is 6.70. The molecular weight excluding hydrogens is 468 g/mol. The first-order valence-electron chi connectivity index (χ1n) is 12.5. The highest BCUT2D eigenvalue weighted by Crippen LogP contribution is 2.46. The van der Waals surface area contributed by atoms with E-state index in [-0.39, 0.29) is 23.6 Å². The van der Waals surface area contributed by atoms with Gasteiger partial charge in [0.25, 0.3) is 0 Å². The number of fused-ring (bicyclic) bond motifs is 1. The number of ether oxygens (including phenoxy) is 3. The Morgan fingerprint density at radius 3 is 2.30 bits per heavy atom. The van der Waals surface area contributed by atoms with Crippen molar-refractivity contribution in [3.05, 3.63) is 83.1 Å². The summed E-state index contributed by atoms with van der Waals surface area (Å²) in [6.07, 6.45) is 1.07. The minimum Gasteiger partial charge on any atom is -0.504 e. The van der Waals surface area contributed by atoms with Crippen molar-refractivity contribution in [3.8, 4) is 23.0 Å². The maximum Gasteiger partial charge on any atom is 0.163 e. The molecule has 0 radical (unpaired) electrons. The number of ketones is 1. The zero-order chi connectivity index (χ0) is 26.1. The largest absolute Gasteiger partial charge is 0.504 e. The Bertz CT molecular complexity index is 1360. The number of para-hydroxylation sites is 2. The number of hydrogen-bond donors (Lipinski definition) is 3. The lowest BCUT2D eigenvalue weighted by molar-refractivity contribution is -0.116. The molecule has 5 rings (SSSR count). The van der Waals surface area contributed by atoms with Gasteiger partial charge in [0.2, 0.25) is 0 Å². The Balaban J connectivity index is 1.56. The molecule has 1 aliphatic carbocycles. The van der Waals surface area contributed by atoms with E-state index in [0.717, 1.165) is 28.2 Å². The van der Waals surface area contributed by atoms with Gasteiger partial charge in [0.15, 0.2) is 28.8 Å². The van der Waals surface area contributed by atoms with Crippen LogP contribution in [0.3, 0.4) is 0 Å². The summed E-state index contributed by atoms with van der Waals surface area (Å²) in [4.78, 5) is 13.8. The minimum atomic E-state index is -0.398. The van der Waals surface area contributed by atoms with Gasteiger partial charge >= 0.3 is 0 Å². The Hall–Kier alpha value is -4.13. The molecule has 0 amide bonds. The summed E-state index contributed by atoms with van der Waals surface area (Å²) in [7, 11) is 3.15. The van der Waals surface area contributed by atoms with Crippen LogP contribution in [0.15, 0.2) is 71.9 Å². The molecule has 7 heteroatoms. The topological polar surface area (TPSA) is 89.1 Å². The molecule has 2 unspecified atom stereocenters. The van der Waals surface area contributed by atoms with Crippen LogP contribution in [0.5, 0.6) is 23.0 Å². The summed E-state index contributed by atoms with van der Waals surface area (Å²) in [5, 5.41) is 17.3. The highest BCUT2D eigenvalue weighted by molar-refractivity contribution is 6.01. The number of Topliss-reactive ketones (excluding diaryl/α,β-unsaturated/α-hetero) is 1. The fourth-order valence-electron chi connectivity index (χ4n) is 5.14.